The van der Waals surface area contributed by atoms with Crippen molar-refractivity contribution in [3.05, 3.63) is 41.5 Å². The number of hydrogen-bond acceptors (Lipinski definition) is 4. The lowest BCUT2D eigenvalue weighted by molar-refractivity contribution is 0.443. The van der Waals surface area contributed by atoms with Crippen LogP contribution in [0.4, 0.5) is 0 Å². The second-order valence-electron chi connectivity index (χ2n) is 4.75. The first kappa shape index (κ1) is 11.2. The number of aryl methyl sites for hydroxylation is 1. The quantitative estimate of drug-likeness (QED) is 0.821. The van der Waals surface area contributed by atoms with Gasteiger partial charge in [0.25, 0.3) is 0 Å². The zero-order valence-electron chi connectivity index (χ0n) is 10.1. The number of hydrogen-bond donors (Lipinski definition) is 2. The summed E-state index contributed by atoms with van der Waals surface area (Å²) in [6.07, 6.45) is 2.44. The first-order valence-electron chi connectivity index (χ1n) is 6.17. The van der Waals surface area contributed by atoms with Crippen molar-refractivity contribution < 1.29 is 5.11 Å². The van der Waals surface area contributed by atoms with Crippen LogP contribution < -0.4 is 5.73 Å². The molecule has 0 saturated carbocycles. The Kier molecular flexibility index (Phi) is 2.76. The summed E-state index contributed by atoms with van der Waals surface area (Å²) in [6.45, 7) is 0.769. The number of aromatic nitrogens is 3. The van der Waals surface area contributed by atoms with Gasteiger partial charge in [-0.15, -0.1) is 10.2 Å². The van der Waals surface area contributed by atoms with E-state index in [2.05, 4.69) is 14.8 Å². The zero-order valence-corrected chi connectivity index (χ0v) is 10.1. The minimum atomic E-state index is 0.177. The third-order valence-corrected chi connectivity index (χ3v) is 3.40. The van der Waals surface area contributed by atoms with Crippen LogP contribution in [0.1, 0.15) is 23.6 Å². The highest BCUT2D eigenvalue weighted by Crippen LogP contribution is 2.21. The second kappa shape index (κ2) is 4.42. The van der Waals surface area contributed by atoms with Crippen LogP contribution >= 0.6 is 0 Å². The number of nitrogens with zero attached hydrogens (tertiary/aromatic N) is 3. The highest BCUT2D eigenvalue weighted by molar-refractivity contribution is 5.34. The van der Waals surface area contributed by atoms with Gasteiger partial charge in [0.15, 0.2) is 0 Å². The molecule has 0 fully saturated rings. The van der Waals surface area contributed by atoms with E-state index in [9.17, 15) is 5.11 Å². The number of aromatic hydroxyl groups is 1. The van der Waals surface area contributed by atoms with Gasteiger partial charge in [-0.25, -0.2) is 0 Å². The molecule has 0 radical (unpaired) electrons. The molecule has 2 heterocycles. The number of benzene rings is 1. The van der Waals surface area contributed by atoms with Crippen LogP contribution in [0.2, 0.25) is 0 Å². The first-order chi connectivity index (χ1) is 8.74. The number of fused-ring (bicyclic) bond motifs is 1. The SMILES string of the molecule is NC1CCc2nnc(Cc3ccccc3O)n2C1. The number of phenolic OH excluding ortho intramolecular Hbond substituents is 1. The monoisotopic (exact) mass is 244 g/mol. The molecule has 1 aromatic heterocycles. The van der Waals surface area contributed by atoms with E-state index in [0.29, 0.717) is 12.2 Å². The Morgan fingerprint density at radius 1 is 1.33 bits per heavy atom. The van der Waals surface area contributed by atoms with Crippen molar-refractivity contribution in [2.75, 3.05) is 0 Å². The maximum atomic E-state index is 9.78. The summed E-state index contributed by atoms with van der Waals surface area (Å²) in [6, 6.07) is 7.49. The van der Waals surface area contributed by atoms with Crippen molar-refractivity contribution in [1.29, 1.82) is 0 Å². The van der Waals surface area contributed by atoms with E-state index in [0.717, 1.165) is 36.6 Å². The molecule has 1 aromatic carbocycles. The van der Waals surface area contributed by atoms with E-state index in [4.69, 9.17) is 5.73 Å². The van der Waals surface area contributed by atoms with E-state index in [1.807, 2.05) is 18.2 Å². The van der Waals surface area contributed by atoms with E-state index in [1.54, 1.807) is 6.07 Å². The third-order valence-electron chi connectivity index (χ3n) is 3.40. The Labute approximate surface area is 105 Å². The van der Waals surface area contributed by atoms with Gasteiger partial charge in [-0.2, -0.15) is 0 Å². The van der Waals surface area contributed by atoms with Crippen molar-refractivity contribution in [1.82, 2.24) is 14.8 Å². The van der Waals surface area contributed by atoms with Crippen molar-refractivity contribution in [2.24, 2.45) is 5.73 Å². The predicted octanol–water partition coefficient (Wildman–Crippen LogP) is 0.848. The fourth-order valence-corrected chi connectivity index (χ4v) is 2.37. The standard InChI is InChI=1S/C13H16N4O/c14-10-5-6-12-15-16-13(17(12)8-10)7-9-3-1-2-4-11(9)18/h1-4,10,18H,5-8,14H2. The normalized spacial score (nSPS) is 18.6. The molecule has 0 amide bonds. The lowest BCUT2D eigenvalue weighted by Gasteiger charge is -2.20. The van der Waals surface area contributed by atoms with Gasteiger partial charge in [-0.05, 0) is 12.5 Å². The van der Waals surface area contributed by atoms with Gasteiger partial charge in [0, 0.05) is 31.0 Å². The minimum Gasteiger partial charge on any atom is -0.508 e. The van der Waals surface area contributed by atoms with E-state index < -0.39 is 0 Å². The first-order valence-corrected chi connectivity index (χ1v) is 6.17. The van der Waals surface area contributed by atoms with Crippen molar-refractivity contribution in [3.8, 4) is 5.75 Å². The average molecular weight is 244 g/mol. The number of rotatable bonds is 2. The van der Waals surface area contributed by atoms with Crippen molar-refractivity contribution in [2.45, 2.75) is 31.8 Å². The Bertz CT molecular complexity index is 564. The maximum Gasteiger partial charge on any atom is 0.137 e. The van der Waals surface area contributed by atoms with Crippen LogP contribution in [0.15, 0.2) is 24.3 Å². The summed E-state index contributed by atoms with van der Waals surface area (Å²) in [5.41, 5.74) is 6.84. The largest absolute Gasteiger partial charge is 0.508 e. The molecule has 0 aliphatic carbocycles. The molecule has 18 heavy (non-hydrogen) atoms. The van der Waals surface area contributed by atoms with Crippen LogP contribution in [0.3, 0.4) is 0 Å². The molecule has 3 rings (SSSR count). The van der Waals surface area contributed by atoms with Gasteiger partial charge < -0.3 is 15.4 Å². The van der Waals surface area contributed by atoms with Crippen LogP contribution in [-0.2, 0) is 19.4 Å². The Morgan fingerprint density at radius 3 is 3.00 bits per heavy atom. The molecule has 3 N–H and O–H groups in total. The van der Waals surface area contributed by atoms with Crippen LogP contribution in [-0.4, -0.2) is 25.9 Å². The molecule has 0 saturated heterocycles. The van der Waals surface area contributed by atoms with Crippen LogP contribution in [0.25, 0.3) is 0 Å². The highest BCUT2D eigenvalue weighted by Gasteiger charge is 2.20. The summed E-state index contributed by atoms with van der Waals surface area (Å²) in [5.74, 6) is 2.18. The van der Waals surface area contributed by atoms with Gasteiger partial charge in [0.1, 0.15) is 17.4 Å². The summed E-state index contributed by atoms with van der Waals surface area (Å²) in [5, 5.41) is 18.2. The van der Waals surface area contributed by atoms with Crippen molar-refractivity contribution >= 4 is 0 Å². The molecule has 0 spiro atoms. The lowest BCUT2D eigenvalue weighted by Crippen LogP contribution is -2.32. The molecule has 1 aliphatic rings. The predicted molar refractivity (Wildman–Crippen MR) is 67.2 cm³/mol. The molecule has 0 bridgehead atoms. The van der Waals surface area contributed by atoms with E-state index in [-0.39, 0.29) is 6.04 Å². The van der Waals surface area contributed by atoms with Gasteiger partial charge in [-0.3, -0.25) is 0 Å². The van der Waals surface area contributed by atoms with Crippen LogP contribution in [0, 0.1) is 0 Å². The molecule has 94 valence electrons. The molecular weight excluding hydrogens is 228 g/mol. The minimum absolute atomic E-state index is 0.177. The smallest absolute Gasteiger partial charge is 0.137 e. The summed E-state index contributed by atoms with van der Waals surface area (Å²) < 4.78 is 2.08. The lowest BCUT2D eigenvalue weighted by atomic mass is 10.1. The topological polar surface area (TPSA) is 77.0 Å². The number of phenols is 1. The molecule has 1 unspecified atom stereocenters. The summed E-state index contributed by atoms with van der Waals surface area (Å²) >= 11 is 0. The Morgan fingerprint density at radius 2 is 2.17 bits per heavy atom. The maximum absolute atomic E-state index is 9.78. The average Bonchev–Trinajstić information content (AvgIpc) is 2.75. The third kappa shape index (κ3) is 1.97. The zero-order chi connectivity index (χ0) is 12.5. The highest BCUT2D eigenvalue weighted by atomic mass is 16.3. The second-order valence-corrected chi connectivity index (χ2v) is 4.75. The van der Waals surface area contributed by atoms with Gasteiger partial charge >= 0.3 is 0 Å². The fourth-order valence-electron chi connectivity index (χ4n) is 2.37. The van der Waals surface area contributed by atoms with E-state index >= 15 is 0 Å². The molecular formula is C13H16N4O. The Hall–Kier alpha value is -1.88. The van der Waals surface area contributed by atoms with Crippen molar-refractivity contribution in [3.63, 3.8) is 0 Å². The van der Waals surface area contributed by atoms with Gasteiger partial charge in [0.2, 0.25) is 0 Å². The van der Waals surface area contributed by atoms with Gasteiger partial charge in [0.05, 0.1) is 0 Å². The van der Waals surface area contributed by atoms with E-state index in [1.165, 1.54) is 0 Å². The number of para-hydroxylation sites is 1. The van der Waals surface area contributed by atoms with Gasteiger partial charge in [-0.1, -0.05) is 18.2 Å². The molecule has 5 heteroatoms. The van der Waals surface area contributed by atoms with Crippen LogP contribution in [0.5, 0.6) is 5.75 Å². The molecule has 2 aromatic rings. The molecule has 1 aliphatic heterocycles. The summed E-state index contributed by atoms with van der Waals surface area (Å²) in [4.78, 5) is 0. The summed E-state index contributed by atoms with van der Waals surface area (Å²) in [7, 11) is 0. The Balaban J connectivity index is 1.90. The molecule has 1 atom stereocenters. The fraction of sp³-hybridized carbons (Fsp3) is 0.385. The molecule has 5 nitrogen and oxygen atoms in total. The number of nitrogens with two attached hydrogens (primary N) is 1.